The minimum absolute atomic E-state index is 0.185. The number of halogens is 3. The lowest BCUT2D eigenvalue weighted by molar-refractivity contribution is 0.0945. The second-order valence-corrected chi connectivity index (χ2v) is 5.93. The molecule has 20 heavy (non-hydrogen) atoms. The highest BCUT2D eigenvalue weighted by Gasteiger charge is 2.14. The summed E-state index contributed by atoms with van der Waals surface area (Å²) in [5.41, 5.74) is 1.14. The molecule has 0 fully saturated rings. The van der Waals surface area contributed by atoms with Crippen molar-refractivity contribution >= 4 is 37.8 Å². The summed E-state index contributed by atoms with van der Waals surface area (Å²) in [4.78, 5) is 12.0. The van der Waals surface area contributed by atoms with Gasteiger partial charge in [0.25, 0.3) is 5.91 Å². The summed E-state index contributed by atoms with van der Waals surface area (Å²) < 4.78 is 16.8. The maximum Gasteiger partial charge on any atom is 0.267 e. The number of carbonyl (C=O) groups is 1. The smallest absolute Gasteiger partial charge is 0.267 e. The lowest BCUT2D eigenvalue weighted by Crippen LogP contribution is -2.27. The fraction of sp³-hybridized carbons (Fsp3) is 0.214. The van der Waals surface area contributed by atoms with E-state index < -0.39 is 0 Å². The number of rotatable bonds is 4. The van der Waals surface area contributed by atoms with Crippen molar-refractivity contribution in [1.29, 1.82) is 0 Å². The molecule has 1 N–H and O–H groups in total. The van der Waals surface area contributed by atoms with Crippen molar-refractivity contribution in [2.45, 2.75) is 6.42 Å². The van der Waals surface area contributed by atoms with E-state index in [2.05, 4.69) is 37.2 Å². The summed E-state index contributed by atoms with van der Waals surface area (Å²) in [6, 6.07) is 8.31. The van der Waals surface area contributed by atoms with Crippen LogP contribution >= 0.6 is 31.9 Å². The van der Waals surface area contributed by atoms with Crippen molar-refractivity contribution in [3.63, 3.8) is 0 Å². The Kier molecular flexibility index (Phi) is 4.99. The first-order valence-electron chi connectivity index (χ1n) is 6.03. The van der Waals surface area contributed by atoms with Gasteiger partial charge >= 0.3 is 0 Å². The van der Waals surface area contributed by atoms with Crippen LogP contribution in [0.1, 0.15) is 16.1 Å². The third-order valence-corrected chi connectivity index (χ3v) is 5.08. The quantitative estimate of drug-likeness (QED) is 0.830. The SMILES string of the molecule is Cn1c(C(=O)NCCc2ccccc2F)cc(Br)c1Br. The molecule has 3 nitrogen and oxygen atoms in total. The van der Waals surface area contributed by atoms with Gasteiger partial charge in [-0.3, -0.25) is 4.79 Å². The molecular weight excluding hydrogens is 391 g/mol. The molecular formula is C14H13Br2FN2O. The molecule has 0 saturated heterocycles. The van der Waals surface area contributed by atoms with E-state index in [1.54, 1.807) is 35.9 Å². The number of carbonyl (C=O) groups excluding carboxylic acids is 1. The van der Waals surface area contributed by atoms with E-state index >= 15 is 0 Å². The molecule has 0 aliphatic carbocycles. The first-order valence-corrected chi connectivity index (χ1v) is 7.61. The van der Waals surface area contributed by atoms with Crippen molar-refractivity contribution in [2.24, 2.45) is 7.05 Å². The molecule has 2 aromatic rings. The molecule has 0 aliphatic rings. The van der Waals surface area contributed by atoms with E-state index in [9.17, 15) is 9.18 Å². The number of aromatic nitrogens is 1. The van der Waals surface area contributed by atoms with Gasteiger partial charge in [-0.15, -0.1) is 0 Å². The number of nitrogens with zero attached hydrogens (tertiary/aromatic N) is 1. The van der Waals surface area contributed by atoms with Crippen LogP contribution in [-0.2, 0) is 13.5 Å². The number of amides is 1. The lowest BCUT2D eigenvalue weighted by Gasteiger charge is -2.07. The van der Waals surface area contributed by atoms with E-state index in [1.165, 1.54) is 6.07 Å². The van der Waals surface area contributed by atoms with Gasteiger partial charge in [-0.1, -0.05) is 18.2 Å². The first-order chi connectivity index (χ1) is 9.50. The summed E-state index contributed by atoms with van der Waals surface area (Å²) in [7, 11) is 1.79. The van der Waals surface area contributed by atoms with Crippen molar-refractivity contribution in [1.82, 2.24) is 9.88 Å². The molecule has 1 aromatic carbocycles. The van der Waals surface area contributed by atoms with Crippen LogP contribution in [0.5, 0.6) is 0 Å². The van der Waals surface area contributed by atoms with Crippen LogP contribution < -0.4 is 5.32 Å². The van der Waals surface area contributed by atoms with Crippen molar-refractivity contribution in [3.8, 4) is 0 Å². The van der Waals surface area contributed by atoms with E-state index in [0.717, 1.165) is 9.08 Å². The van der Waals surface area contributed by atoms with Gasteiger partial charge in [0.2, 0.25) is 0 Å². The van der Waals surface area contributed by atoms with Crippen molar-refractivity contribution in [3.05, 3.63) is 56.5 Å². The summed E-state index contributed by atoms with van der Waals surface area (Å²) in [6.07, 6.45) is 0.463. The topological polar surface area (TPSA) is 34.0 Å². The molecule has 0 bridgehead atoms. The summed E-state index contributed by atoms with van der Waals surface area (Å²) in [5, 5.41) is 2.79. The Morgan fingerprint density at radius 3 is 2.65 bits per heavy atom. The van der Waals surface area contributed by atoms with Gasteiger partial charge in [0, 0.05) is 13.6 Å². The van der Waals surface area contributed by atoms with Crippen LogP contribution in [0.4, 0.5) is 4.39 Å². The van der Waals surface area contributed by atoms with Gasteiger partial charge in [-0.05, 0) is 56.0 Å². The minimum atomic E-state index is -0.244. The Morgan fingerprint density at radius 1 is 1.35 bits per heavy atom. The Balaban J connectivity index is 1.96. The molecule has 6 heteroatoms. The van der Waals surface area contributed by atoms with Crippen LogP contribution in [0, 0.1) is 5.82 Å². The summed E-state index contributed by atoms with van der Waals surface area (Å²) >= 11 is 6.72. The third-order valence-electron chi connectivity index (χ3n) is 2.99. The van der Waals surface area contributed by atoms with Gasteiger partial charge in [0.1, 0.15) is 11.5 Å². The van der Waals surface area contributed by atoms with Gasteiger partial charge in [0.15, 0.2) is 0 Å². The normalized spacial score (nSPS) is 10.6. The molecule has 1 amide bonds. The Labute approximate surface area is 133 Å². The Bertz CT molecular complexity index is 640. The number of hydrogen-bond acceptors (Lipinski definition) is 1. The van der Waals surface area contributed by atoms with Crippen LogP contribution in [0.25, 0.3) is 0 Å². The van der Waals surface area contributed by atoms with E-state index in [0.29, 0.717) is 24.2 Å². The summed E-state index contributed by atoms with van der Waals surface area (Å²) in [5.74, 6) is -0.429. The molecule has 0 radical (unpaired) electrons. The van der Waals surface area contributed by atoms with E-state index in [-0.39, 0.29) is 11.7 Å². The monoisotopic (exact) mass is 402 g/mol. The van der Waals surface area contributed by atoms with Crippen LogP contribution in [0.3, 0.4) is 0 Å². The molecule has 106 valence electrons. The van der Waals surface area contributed by atoms with Gasteiger partial charge in [-0.2, -0.15) is 0 Å². The number of hydrogen-bond donors (Lipinski definition) is 1. The maximum atomic E-state index is 13.4. The van der Waals surface area contributed by atoms with Crippen molar-refractivity contribution in [2.75, 3.05) is 6.54 Å². The third kappa shape index (κ3) is 3.30. The summed E-state index contributed by atoms with van der Waals surface area (Å²) in [6.45, 7) is 0.389. The second kappa shape index (κ2) is 6.54. The number of benzene rings is 1. The highest BCUT2D eigenvalue weighted by Crippen LogP contribution is 2.26. The number of nitrogens with one attached hydrogen (secondary N) is 1. The highest BCUT2D eigenvalue weighted by molar-refractivity contribution is 9.13. The van der Waals surface area contributed by atoms with Crippen LogP contribution in [-0.4, -0.2) is 17.0 Å². The molecule has 0 aliphatic heterocycles. The largest absolute Gasteiger partial charge is 0.350 e. The predicted molar refractivity (Wildman–Crippen MR) is 83.3 cm³/mol. The Hall–Kier alpha value is -1.14. The minimum Gasteiger partial charge on any atom is -0.350 e. The van der Waals surface area contributed by atoms with Crippen LogP contribution in [0.2, 0.25) is 0 Å². The molecule has 1 aromatic heterocycles. The average Bonchev–Trinajstić information content (AvgIpc) is 2.68. The highest BCUT2D eigenvalue weighted by atomic mass is 79.9. The van der Waals surface area contributed by atoms with E-state index in [1.807, 2.05) is 0 Å². The first kappa shape index (κ1) is 15.3. The zero-order chi connectivity index (χ0) is 14.7. The zero-order valence-corrected chi connectivity index (χ0v) is 14.0. The van der Waals surface area contributed by atoms with Gasteiger partial charge in [-0.25, -0.2) is 4.39 Å². The predicted octanol–water partition coefficient (Wildman–Crippen LogP) is 3.66. The molecule has 0 unspecified atom stereocenters. The standard InChI is InChI=1S/C14H13Br2FN2O/c1-19-12(8-10(15)13(19)16)14(20)18-7-6-9-4-2-3-5-11(9)17/h2-5,8H,6-7H2,1H3,(H,18,20). The zero-order valence-electron chi connectivity index (χ0n) is 10.8. The lowest BCUT2D eigenvalue weighted by atomic mass is 10.1. The second-order valence-electron chi connectivity index (χ2n) is 4.32. The maximum absolute atomic E-state index is 13.4. The fourth-order valence-corrected chi connectivity index (χ4v) is 2.65. The Morgan fingerprint density at radius 2 is 2.05 bits per heavy atom. The van der Waals surface area contributed by atoms with E-state index in [4.69, 9.17) is 0 Å². The molecule has 0 spiro atoms. The fourth-order valence-electron chi connectivity index (χ4n) is 1.86. The molecule has 2 rings (SSSR count). The van der Waals surface area contributed by atoms with Gasteiger partial charge in [0.05, 0.1) is 9.08 Å². The average molecular weight is 404 g/mol. The van der Waals surface area contributed by atoms with Crippen molar-refractivity contribution < 1.29 is 9.18 Å². The molecule has 0 atom stereocenters. The van der Waals surface area contributed by atoms with Gasteiger partial charge < -0.3 is 9.88 Å². The molecule has 1 heterocycles. The van der Waals surface area contributed by atoms with Crippen LogP contribution in [0.15, 0.2) is 39.4 Å². The molecule has 0 saturated carbocycles.